The predicted molar refractivity (Wildman–Crippen MR) is 54.8 cm³/mol. The monoisotopic (exact) mass is 168 g/mol. The molecule has 0 spiro atoms. The average Bonchev–Trinajstić information content (AvgIpc) is 1.85. The van der Waals surface area contributed by atoms with Gasteiger partial charge in [0.05, 0.1) is 5.75 Å². The molecule has 11 heavy (non-hydrogen) atoms. The highest BCUT2D eigenvalue weighted by atomic mass is 32.2. The summed E-state index contributed by atoms with van der Waals surface area (Å²) in [4.78, 5) is 0. The zero-order valence-electron chi connectivity index (χ0n) is 7.55. The van der Waals surface area contributed by atoms with Crippen LogP contribution in [-0.4, -0.2) is 11.5 Å². The maximum Gasteiger partial charge on any atom is 0.0547 e. The number of hydrogen-bond acceptors (Lipinski definition) is 1. The van der Waals surface area contributed by atoms with Gasteiger partial charge in [0.1, 0.15) is 0 Å². The van der Waals surface area contributed by atoms with E-state index < -0.39 is 0 Å². The summed E-state index contributed by atoms with van der Waals surface area (Å²) in [5.74, 6) is 4.44. The number of hydrogen-bond donors (Lipinski definition) is 0. The SMILES string of the molecule is C#CCSC/C=C/C(C)(C)C. The van der Waals surface area contributed by atoms with Crippen LogP contribution in [-0.2, 0) is 0 Å². The molecule has 0 heterocycles. The highest BCUT2D eigenvalue weighted by molar-refractivity contribution is 7.99. The van der Waals surface area contributed by atoms with Gasteiger partial charge in [-0.05, 0) is 5.41 Å². The summed E-state index contributed by atoms with van der Waals surface area (Å²) in [7, 11) is 0. The van der Waals surface area contributed by atoms with Crippen LogP contribution in [0.2, 0.25) is 0 Å². The summed E-state index contributed by atoms with van der Waals surface area (Å²) < 4.78 is 0. The Morgan fingerprint density at radius 2 is 2.09 bits per heavy atom. The van der Waals surface area contributed by atoms with E-state index in [1.165, 1.54) is 0 Å². The fraction of sp³-hybridized carbons (Fsp3) is 0.600. The van der Waals surface area contributed by atoms with E-state index in [1.807, 2.05) is 0 Å². The minimum absolute atomic E-state index is 0.302. The van der Waals surface area contributed by atoms with Crippen molar-refractivity contribution in [2.45, 2.75) is 20.8 Å². The number of allylic oxidation sites excluding steroid dienone is 1. The number of terminal acetylenes is 1. The van der Waals surface area contributed by atoms with Gasteiger partial charge in [-0.3, -0.25) is 0 Å². The number of thioether (sulfide) groups is 1. The maximum atomic E-state index is 5.10. The summed E-state index contributed by atoms with van der Waals surface area (Å²) in [6, 6.07) is 0. The van der Waals surface area contributed by atoms with Crippen LogP contribution in [0.25, 0.3) is 0 Å². The lowest BCUT2D eigenvalue weighted by Gasteiger charge is -2.10. The summed E-state index contributed by atoms with van der Waals surface area (Å²) in [5, 5.41) is 0. The molecule has 0 fully saturated rings. The Morgan fingerprint density at radius 1 is 1.45 bits per heavy atom. The topological polar surface area (TPSA) is 0 Å². The van der Waals surface area contributed by atoms with Crippen LogP contribution >= 0.6 is 11.8 Å². The lowest BCUT2D eigenvalue weighted by Crippen LogP contribution is -1.98. The van der Waals surface area contributed by atoms with Crippen molar-refractivity contribution < 1.29 is 0 Å². The standard InChI is InChI=1S/C10H16S/c1-5-8-11-9-6-7-10(2,3)4/h1,6-7H,8-9H2,2-4H3/b7-6+. The van der Waals surface area contributed by atoms with Crippen LogP contribution in [0, 0.1) is 17.8 Å². The molecule has 0 amide bonds. The summed E-state index contributed by atoms with van der Waals surface area (Å²) in [6.45, 7) is 6.57. The van der Waals surface area contributed by atoms with E-state index in [9.17, 15) is 0 Å². The highest BCUT2D eigenvalue weighted by Gasteiger charge is 2.02. The zero-order valence-corrected chi connectivity index (χ0v) is 8.37. The van der Waals surface area contributed by atoms with Gasteiger partial charge in [-0.1, -0.05) is 38.8 Å². The van der Waals surface area contributed by atoms with Crippen LogP contribution in [0.5, 0.6) is 0 Å². The molecule has 0 saturated heterocycles. The van der Waals surface area contributed by atoms with Crippen LogP contribution in [0.15, 0.2) is 12.2 Å². The molecule has 0 rings (SSSR count). The Kier molecular flexibility index (Phi) is 5.15. The van der Waals surface area contributed by atoms with E-state index >= 15 is 0 Å². The van der Waals surface area contributed by atoms with Gasteiger partial charge in [0.2, 0.25) is 0 Å². The molecule has 0 N–H and O–H groups in total. The second-order valence-electron chi connectivity index (χ2n) is 3.49. The van der Waals surface area contributed by atoms with Crippen molar-refractivity contribution in [3.63, 3.8) is 0 Å². The first-order valence-corrected chi connectivity index (χ1v) is 4.90. The lowest BCUT2D eigenvalue weighted by atomic mass is 9.97. The molecule has 0 aliphatic rings. The minimum atomic E-state index is 0.302. The first-order chi connectivity index (χ1) is 5.06. The van der Waals surface area contributed by atoms with E-state index in [2.05, 4.69) is 38.8 Å². The highest BCUT2D eigenvalue weighted by Crippen LogP contribution is 2.14. The Hall–Kier alpha value is -0.350. The Balaban J connectivity index is 3.40. The van der Waals surface area contributed by atoms with E-state index in [0.29, 0.717) is 5.41 Å². The summed E-state index contributed by atoms with van der Waals surface area (Å²) in [6.07, 6.45) is 9.50. The van der Waals surface area contributed by atoms with Gasteiger partial charge < -0.3 is 0 Å². The van der Waals surface area contributed by atoms with Crippen molar-refractivity contribution in [2.24, 2.45) is 5.41 Å². The smallest absolute Gasteiger partial charge is 0.0547 e. The van der Waals surface area contributed by atoms with E-state index in [-0.39, 0.29) is 0 Å². The fourth-order valence-corrected chi connectivity index (χ4v) is 1.06. The van der Waals surface area contributed by atoms with Gasteiger partial charge in [-0.25, -0.2) is 0 Å². The molecule has 1 heteroatoms. The lowest BCUT2D eigenvalue weighted by molar-refractivity contribution is 0.543. The zero-order chi connectivity index (χ0) is 8.74. The Morgan fingerprint density at radius 3 is 2.55 bits per heavy atom. The molecule has 0 saturated carbocycles. The Labute approximate surface area is 74.5 Å². The third-order valence-electron chi connectivity index (χ3n) is 1.02. The molecule has 0 radical (unpaired) electrons. The fourth-order valence-electron chi connectivity index (χ4n) is 0.588. The second kappa shape index (κ2) is 5.32. The quantitative estimate of drug-likeness (QED) is 0.355. The first kappa shape index (κ1) is 10.7. The van der Waals surface area contributed by atoms with Crippen LogP contribution in [0.4, 0.5) is 0 Å². The normalized spacial score (nSPS) is 11.8. The van der Waals surface area contributed by atoms with Crippen LogP contribution in [0.3, 0.4) is 0 Å². The first-order valence-electron chi connectivity index (χ1n) is 3.75. The predicted octanol–water partition coefficient (Wildman–Crippen LogP) is 2.96. The third kappa shape index (κ3) is 9.65. The molecule has 0 aliphatic heterocycles. The van der Waals surface area contributed by atoms with E-state index in [0.717, 1.165) is 11.5 Å². The van der Waals surface area contributed by atoms with E-state index in [4.69, 9.17) is 6.42 Å². The maximum absolute atomic E-state index is 5.10. The van der Waals surface area contributed by atoms with Gasteiger partial charge in [-0.15, -0.1) is 18.2 Å². The molecule has 0 unspecified atom stereocenters. The molecule has 0 aromatic heterocycles. The molecule has 0 atom stereocenters. The molecule has 0 nitrogen and oxygen atoms in total. The largest absolute Gasteiger partial charge is 0.145 e. The van der Waals surface area contributed by atoms with Crippen molar-refractivity contribution in [1.29, 1.82) is 0 Å². The molecule has 0 aliphatic carbocycles. The van der Waals surface area contributed by atoms with Crippen molar-refractivity contribution in [2.75, 3.05) is 11.5 Å². The van der Waals surface area contributed by atoms with E-state index in [1.54, 1.807) is 11.8 Å². The number of rotatable bonds is 3. The van der Waals surface area contributed by atoms with Gasteiger partial charge >= 0.3 is 0 Å². The van der Waals surface area contributed by atoms with Gasteiger partial charge in [0, 0.05) is 5.75 Å². The van der Waals surface area contributed by atoms with Gasteiger partial charge in [0.25, 0.3) is 0 Å². The van der Waals surface area contributed by atoms with Crippen molar-refractivity contribution >= 4 is 11.8 Å². The van der Waals surface area contributed by atoms with Crippen molar-refractivity contribution in [1.82, 2.24) is 0 Å². The second-order valence-corrected chi connectivity index (χ2v) is 4.52. The van der Waals surface area contributed by atoms with Crippen LogP contribution < -0.4 is 0 Å². The summed E-state index contributed by atoms with van der Waals surface area (Å²) in [5.41, 5.74) is 0.302. The third-order valence-corrected chi connectivity index (χ3v) is 1.82. The van der Waals surface area contributed by atoms with Crippen LogP contribution in [0.1, 0.15) is 20.8 Å². The van der Waals surface area contributed by atoms with Crippen molar-refractivity contribution in [3.8, 4) is 12.3 Å². The molecule has 0 aromatic carbocycles. The minimum Gasteiger partial charge on any atom is -0.145 e. The molecular weight excluding hydrogens is 152 g/mol. The molecule has 0 bridgehead atoms. The summed E-state index contributed by atoms with van der Waals surface area (Å²) >= 11 is 1.77. The molecule has 62 valence electrons. The molecule has 0 aromatic rings. The van der Waals surface area contributed by atoms with Gasteiger partial charge in [0.15, 0.2) is 0 Å². The van der Waals surface area contributed by atoms with Crippen molar-refractivity contribution in [3.05, 3.63) is 12.2 Å². The molecular formula is C10H16S. The Bertz CT molecular complexity index is 155. The average molecular weight is 168 g/mol. The van der Waals surface area contributed by atoms with Gasteiger partial charge in [-0.2, -0.15) is 0 Å².